The Hall–Kier alpha value is -2.55. The van der Waals surface area contributed by atoms with Crippen LogP contribution in [0.2, 0.25) is 0 Å². The monoisotopic (exact) mass is 414 g/mol. The van der Waals surface area contributed by atoms with Crippen LogP contribution in [0.3, 0.4) is 0 Å². The number of hydrogen-bond donors (Lipinski definition) is 1. The summed E-state index contributed by atoms with van der Waals surface area (Å²) in [6, 6.07) is 9.65. The third-order valence-electron chi connectivity index (χ3n) is 4.17. The molecule has 1 amide bonds. The lowest BCUT2D eigenvalue weighted by molar-refractivity contribution is -0.137. The minimum Gasteiger partial charge on any atom is -0.324 e. The van der Waals surface area contributed by atoms with Gasteiger partial charge < -0.3 is 5.32 Å². The van der Waals surface area contributed by atoms with Crippen molar-refractivity contribution in [3.63, 3.8) is 0 Å². The third kappa shape index (κ3) is 5.03. The highest BCUT2D eigenvalue weighted by atomic mass is 32.2. The summed E-state index contributed by atoms with van der Waals surface area (Å²) in [4.78, 5) is 12.7. The molecule has 0 radical (unpaired) electrons. The van der Waals surface area contributed by atoms with Crippen LogP contribution < -0.4 is 9.62 Å². The molecule has 0 unspecified atom stereocenters. The van der Waals surface area contributed by atoms with Crippen LogP contribution in [0.15, 0.2) is 48.5 Å². The van der Waals surface area contributed by atoms with E-state index in [1.807, 2.05) is 19.1 Å². The molecule has 152 valence electrons. The fourth-order valence-electron chi connectivity index (χ4n) is 2.82. The number of hydrogen-bond acceptors (Lipinski definition) is 3. The fraction of sp³-hybridized carbons (Fsp3) is 0.316. The Morgan fingerprint density at radius 2 is 1.79 bits per heavy atom. The number of nitrogens with one attached hydrogen (secondary N) is 1. The van der Waals surface area contributed by atoms with E-state index < -0.39 is 33.7 Å². The van der Waals surface area contributed by atoms with E-state index in [1.54, 1.807) is 12.1 Å². The minimum absolute atomic E-state index is 0.233. The van der Waals surface area contributed by atoms with Crippen LogP contribution in [0.4, 0.5) is 24.5 Å². The summed E-state index contributed by atoms with van der Waals surface area (Å²) in [5.41, 5.74) is 0.152. The molecule has 0 saturated heterocycles. The molecule has 0 aliphatic heterocycles. The van der Waals surface area contributed by atoms with E-state index in [4.69, 9.17) is 0 Å². The van der Waals surface area contributed by atoms with Gasteiger partial charge >= 0.3 is 6.18 Å². The number of rotatable bonds is 6. The summed E-state index contributed by atoms with van der Waals surface area (Å²) < 4.78 is 64.3. The van der Waals surface area contributed by atoms with Crippen molar-refractivity contribution in [3.05, 3.63) is 59.7 Å². The molecule has 2 aromatic carbocycles. The Morgan fingerprint density at radius 1 is 1.14 bits per heavy atom. The molecule has 0 bridgehead atoms. The molecule has 1 N–H and O–H groups in total. The highest BCUT2D eigenvalue weighted by Crippen LogP contribution is 2.33. The van der Waals surface area contributed by atoms with Gasteiger partial charge in [-0.05, 0) is 43.2 Å². The molecule has 2 aromatic rings. The number of amides is 1. The maximum absolute atomic E-state index is 13.0. The van der Waals surface area contributed by atoms with Gasteiger partial charge in [0.15, 0.2) is 0 Å². The molecule has 0 heterocycles. The first-order chi connectivity index (χ1) is 12.9. The summed E-state index contributed by atoms with van der Waals surface area (Å²) in [6.07, 6.45) is -3.14. The zero-order valence-electron chi connectivity index (χ0n) is 15.6. The van der Waals surface area contributed by atoms with Crippen LogP contribution in [0.5, 0.6) is 0 Å². The molecule has 28 heavy (non-hydrogen) atoms. The number of carbonyl (C=O) groups excluding carboxylic acids is 1. The molecule has 2 rings (SSSR count). The molecule has 0 aliphatic carbocycles. The van der Waals surface area contributed by atoms with Crippen LogP contribution in [-0.2, 0) is 27.4 Å². The third-order valence-corrected chi connectivity index (χ3v) is 5.41. The smallest absolute Gasteiger partial charge is 0.324 e. The van der Waals surface area contributed by atoms with Crippen LogP contribution in [0, 0.1) is 0 Å². The number of alkyl halides is 3. The second kappa shape index (κ2) is 8.22. The number of para-hydroxylation sites is 1. The molecular formula is C19H21F3N2O3S. The normalized spacial score (nSPS) is 13.1. The van der Waals surface area contributed by atoms with Gasteiger partial charge in [-0.25, -0.2) is 8.42 Å². The zero-order chi connectivity index (χ0) is 21.1. The van der Waals surface area contributed by atoms with Crippen molar-refractivity contribution in [1.29, 1.82) is 0 Å². The molecule has 0 aliphatic rings. The number of benzene rings is 2. The van der Waals surface area contributed by atoms with Gasteiger partial charge in [0.25, 0.3) is 0 Å². The molecule has 0 aromatic heterocycles. The topological polar surface area (TPSA) is 66.5 Å². The molecule has 0 fully saturated rings. The predicted octanol–water partition coefficient (Wildman–Crippen LogP) is 4.06. The first-order valence-corrected chi connectivity index (χ1v) is 10.4. The van der Waals surface area contributed by atoms with Gasteiger partial charge in [-0.3, -0.25) is 9.10 Å². The van der Waals surface area contributed by atoms with Gasteiger partial charge in [0, 0.05) is 5.69 Å². The van der Waals surface area contributed by atoms with Gasteiger partial charge in [0.1, 0.15) is 6.04 Å². The van der Waals surface area contributed by atoms with Crippen molar-refractivity contribution < 1.29 is 26.4 Å². The van der Waals surface area contributed by atoms with Crippen molar-refractivity contribution in [2.75, 3.05) is 15.9 Å². The average molecular weight is 414 g/mol. The Morgan fingerprint density at radius 3 is 2.36 bits per heavy atom. The maximum Gasteiger partial charge on any atom is 0.416 e. The van der Waals surface area contributed by atoms with Crippen molar-refractivity contribution in [2.24, 2.45) is 0 Å². The molecule has 0 saturated carbocycles. The Balaban J connectivity index is 2.40. The quantitative estimate of drug-likeness (QED) is 0.775. The number of nitrogens with zero attached hydrogens (tertiary/aromatic N) is 1. The lowest BCUT2D eigenvalue weighted by Gasteiger charge is -2.29. The number of sulfonamides is 1. The summed E-state index contributed by atoms with van der Waals surface area (Å²) in [6.45, 7) is 3.23. The van der Waals surface area contributed by atoms with E-state index in [1.165, 1.54) is 13.0 Å². The van der Waals surface area contributed by atoms with Gasteiger partial charge in [-0.1, -0.05) is 31.2 Å². The van der Waals surface area contributed by atoms with Gasteiger partial charge in [0.05, 0.1) is 17.5 Å². The van der Waals surface area contributed by atoms with E-state index >= 15 is 0 Å². The van der Waals surface area contributed by atoms with Crippen LogP contribution >= 0.6 is 0 Å². The molecule has 0 spiro atoms. The lowest BCUT2D eigenvalue weighted by Crippen LogP contribution is -2.45. The van der Waals surface area contributed by atoms with Crippen molar-refractivity contribution in [2.45, 2.75) is 32.5 Å². The Labute approximate surface area is 162 Å². The Kier molecular flexibility index (Phi) is 6.38. The van der Waals surface area contributed by atoms with E-state index in [0.717, 1.165) is 24.0 Å². The predicted molar refractivity (Wildman–Crippen MR) is 103 cm³/mol. The second-order valence-electron chi connectivity index (χ2n) is 6.28. The Bertz CT molecular complexity index is 959. The highest BCUT2D eigenvalue weighted by molar-refractivity contribution is 7.92. The second-order valence-corrected chi connectivity index (χ2v) is 8.14. The van der Waals surface area contributed by atoms with Crippen LogP contribution in [-0.4, -0.2) is 26.6 Å². The van der Waals surface area contributed by atoms with Gasteiger partial charge in [-0.2, -0.15) is 13.2 Å². The molecule has 5 nitrogen and oxygen atoms in total. The number of aryl methyl sites for hydroxylation is 1. The first kappa shape index (κ1) is 21.7. The standard InChI is InChI=1S/C19H21F3N2O3S/c1-4-14-8-5-6-11-17(14)23-18(25)13(2)24(28(3,26)27)16-10-7-9-15(12-16)19(20,21)22/h5-13H,4H2,1-3H3,(H,23,25)/t13-/m0/s1. The first-order valence-electron chi connectivity index (χ1n) is 8.50. The number of carbonyl (C=O) groups is 1. The van der Waals surface area contributed by atoms with E-state index in [9.17, 15) is 26.4 Å². The van der Waals surface area contributed by atoms with Crippen molar-refractivity contribution in [3.8, 4) is 0 Å². The number of halogens is 3. The lowest BCUT2D eigenvalue weighted by atomic mass is 10.1. The zero-order valence-corrected chi connectivity index (χ0v) is 16.4. The van der Waals surface area contributed by atoms with E-state index in [2.05, 4.69) is 5.32 Å². The summed E-state index contributed by atoms with van der Waals surface area (Å²) in [5, 5.41) is 2.66. The maximum atomic E-state index is 13.0. The summed E-state index contributed by atoms with van der Waals surface area (Å²) in [7, 11) is -4.03. The highest BCUT2D eigenvalue weighted by Gasteiger charge is 2.34. The number of anilines is 2. The fourth-order valence-corrected chi connectivity index (χ4v) is 3.98. The molecular weight excluding hydrogens is 393 g/mol. The molecule has 1 atom stereocenters. The van der Waals surface area contributed by atoms with Crippen LogP contribution in [0.25, 0.3) is 0 Å². The minimum atomic E-state index is -4.63. The average Bonchev–Trinajstić information content (AvgIpc) is 2.60. The summed E-state index contributed by atoms with van der Waals surface area (Å²) in [5.74, 6) is -0.649. The van der Waals surface area contributed by atoms with Gasteiger partial charge in [-0.15, -0.1) is 0 Å². The molecule has 9 heteroatoms. The van der Waals surface area contributed by atoms with Crippen LogP contribution in [0.1, 0.15) is 25.0 Å². The van der Waals surface area contributed by atoms with Crippen molar-refractivity contribution in [1.82, 2.24) is 0 Å². The van der Waals surface area contributed by atoms with E-state index in [0.29, 0.717) is 22.5 Å². The van der Waals surface area contributed by atoms with Gasteiger partial charge in [0.2, 0.25) is 15.9 Å². The van der Waals surface area contributed by atoms with Crippen molar-refractivity contribution >= 4 is 27.3 Å². The van der Waals surface area contributed by atoms with E-state index in [-0.39, 0.29) is 5.69 Å². The summed E-state index contributed by atoms with van der Waals surface area (Å²) >= 11 is 0. The largest absolute Gasteiger partial charge is 0.416 e. The SMILES string of the molecule is CCc1ccccc1NC(=O)[C@H](C)N(c1cccc(C(F)(F)F)c1)S(C)(=O)=O.